The van der Waals surface area contributed by atoms with Crippen LogP contribution in [-0.4, -0.2) is 77.9 Å². The number of piperidine rings is 1. The number of nitrogens with one attached hydrogen (secondary N) is 1. The van der Waals surface area contributed by atoms with Crippen LogP contribution >= 0.6 is 0 Å². The first-order valence-corrected chi connectivity index (χ1v) is 15.9. The van der Waals surface area contributed by atoms with Crippen LogP contribution in [0.25, 0.3) is 10.8 Å². The van der Waals surface area contributed by atoms with E-state index < -0.39 is 21.6 Å². The first kappa shape index (κ1) is 28.5. The summed E-state index contributed by atoms with van der Waals surface area (Å²) < 4.78 is 38.5. The molecule has 9 nitrogen and oxygen atoms in total. The molecule has 4 atom stereocenters. The molecule has 216 valence electrons. The van der Waals surface area contributed by atoms with E-state index >= 15 is 0 Å². The van der Waals surface area contributed by atoms with E-state index in [1.165, 1.54) is 18.7 Å². The molecule has 3 aromatic rings. The zero-order valence-electron chi connectivity index (χ0n) is 24.0. The van der Waals surface area contributed by atoms with Crippen molar-refractivity contribution in [3.05, 3.63) is 41.7 Å². The van der Waals surface area contributed by atoms with E-state index in [1.807, 2.05) is 19.2 Å². The summed E-state index contributed by atoms with van der Waals surface area (Å²) in [6.45, 7) is 10.9. The van der Waals surface area contributed by atoms with Crippen molar-refractivity contribution >= 4 is 43.9 Å². The third-order valence-electron chi connectivity index (χ3n) is 8.32. The molecule has 2 aliphatic heterocycles. The number of benzene rings is 1. The summed E-state index contributed by atoms with van der Waals surface area (Å²) in [7, 11) is -3.03. The number of fused-ring (bicyclic) bond motifs is 1. The normalized spacial score (nSPS) is 25.4. The Morgan fingerprint density at radius 2 is 1.98 bits per heavy atom. The van der Waals surface area contributed by atoms with E-state index in [9.17, 15) is 17.9 Å². The number of hydrogen-bond donors (Lipinski definition) is 2. The topological polar surface area (TPSA) is 112 Å². The number of halogens is 1. The Labute approximate surface area is 235 Å². The van der Waals surface area contributed by atoms with Gasteiger partial charge in [0.05, 0.1) is 18.4 Å². The summed E-state index contributed by atoms with van der Waals surface area (Å²) in [5, 5.41) is 15.4. The molecule has 40 heavy (non-hydrogen) atoms. The van der Waals surface area contributed by atoms with Gasteiger partial charge in [-0.3, -0.25) is 0 Å². The predicted octanol–water partition coefficient (Wildman–Crippen LogP) is 4.37. The van der Waals surface area contributed by atoms with Gasteiger partial charge in [-0.1, -0.05) is 19.9 Å². The minimum absolute atomic E-state index is 0.0192. The monoisotopic (exact) mass is 570 g/mol. The van der Waals surface area contributed by atoms with Crippen LogP contribution in [0.1, 0.15) is 51.2 Å². The maximum atomic E-state index is 14.8. The molecule has 0 saturated carbocycles. The largest absolute Gasteiger partial charge is 0.390 e. The van der Waals surface area contributed by atoms with Gasteiger partial charge in [-0.15, -0.1) is 0 Å². The molecule has 0 bridgehead atoms. The van der Waals surface area contributed by atoms with E-state index in [0.29, 0.717) is 37.1 Å². The van der Waals surface area contributed by atoms with Crippen LogP contribution in [0.15, 0.2) is 30.6 Å². The van der Waals surface area contributed by atoms with Gasteiger partial charge in [0, 0.05) is 60.3 Å². The van der Waals surface area contributed by atoms with Crippen LogP contribution in [-0.2, 0) is 9.84 Å². The van der Waals surface area contributed by atoms with Crippen LogP contribution in [0.4, 0.5) is 27.7 Å². The van der Waals surface area contributed by atoms with E-state index in [-0.39, 0.29) is 30.2 Å². The number of aromatic nitrogens is 3. The number of nitrogens with zero attached hydrogens (tertiary/aromatic N) is 5. The van der Waals surface area contributed by atoms with Crippen LogP contribution in [0.3, 0.4) is 0 Å². The van der Waals surface area contributed by atoms with Gasteiger partial charge in [0.25, 0.3) is 0 Å². The second-order valence-electron chi connectivity index (χ2n) is 12.0. The summed E-state index contributed by atoms with van der Waals surface area (Å²) in [6, 6.07) is 6.42. The zero-order valence-corrected chi connectivity index (χ0v) is 24.8. The molecule has 2 aliphatic rings. The van der Waals surface area contributed by atoms with E-state index in [4.69, 9.17) is 9.97 Å². The Bertz CT molecular complexity index is 1530. The highest BCUT2D eigenvalue weighted by atomic mass is 32.2. The highest BCUT2D eigenvalue weighted by Crippen LogP contribution is 2.40. The minimum Gasteiger partial charge on any atom is -0.390 e. The van der Waals surface area contributed by atoms with Gasteiger partial charge in [0.2, 0.25) is 5.95 Å². The van der Waals surface area contributed by atoms with Gasteiger partial charge in [0.1, 0.15) is 21.5 Å². The van der Waals surface area contributed by atoms with Gasteiger partial charge in [-0.25, -0.2) is 22.8 Å². The Balaban J connectivity index is 1.44. The third-order valence-corrected chi connectivity index (χ3v) is 9.35. The van der Waals surface area contributed by atoms with Crippen LogP contribution in [0.5, 0.6) is 0 Å². The number of aliphatic hydroxyl groups excluding tert-OH is 1. The lowest BCUT2D eigenvalue weighted by molar-refractivity contribution is -0.00860. The zero-order chi connectivity index (χ0) is 29.0. The van der Waals surface area contributed by atoms with Crippen LogP contribution in [0, 0.1) is 12.8 Å². The molecule has 0 radical (unpaired) electrons. The molecule has 2 saturated heterocycles. The van der Waals surface area contributed by atoms with Crippen molar-refractivity contribution < 1.29 is 17.9 Å². The summed E-state index contributed by atoms with van der Waals surface area (Å²) in [4.78, 5) is 17.9. The van der Waals surface area contributed by atoms with Gasteiger partial charge in [0.15, 0.2) is 5.67 Å². The lowest BCUT2D eigenvalue weighted by Crippen LogP contribution is -2.57. The Kier molecular flexibility index (Phi) is 7.41. The SMILES string of the molecule is Cc1cnc(N2CC[C@@H](O)[C@@](C)(F)C2)nc1Nc1cc2c(C(C)C)ccc(N3C[C@H](CS(C)(=O)=O)[C@H]3C)c2cn1. The lowest BCUT2D eigenvalue weighted by atomic mass is 9.88. The van der Waals surface area contributed by atoms with Gasteiger partial charge < -0.3 is 20.2 Å². The summed E-state index contributed by atoms with van der Waals surface area (Å²) >= 11 is 0. The molecule has 5 rings (SSSR count). The number of hydrogen-bond acceptors (Lipinski definition) is 9. The van der Waals surface area contributed by atoms with E-state index in [2.05, 4.69) is 48.1 Å². The van der Waals surface area contributed by atoms with Crippen molar-refractivity contribution in [3.8, 4) is 0 Å². The number of rotatable bonds is 7. The first-order chi connectivity index (χ1) is 18.7. The smallest absolute Gasteiger partial charge is 0.227 e. The molecule has 11 heteroatoms. The number of aliphatic hydroxyl groups is 1. The van der Waals surface area contributed by atoms with E-state index in [1.54, 1.807) is 11.1 Å². The van der Waals surface area contributed by atoms with Crippen molar-refractivity contribution in [1.82, 2.24) is 15.0 Å². The first-order valence-electron chi connectivity index (χ1n) is 13.8. The number of alkyl halides is 1. The molecule has 2 fully saturated rings. The maximum absolute atomic E-state index is 14.8. The second kappa shape index (κ2) is 10.4. The van der Waals surface area contributed by atoms with Gasteiger partial charge in [-0.2, -0.15) is 4.98 Å². The van der Waals surface area contributed by atoms with Gasteiger partial charge >= 0.3 is 0 Å². The van der Waals surface area contributed by atoms with Crippen molar-refractivity contribution in [1.29, 1.82) is 0 Å². The lowest BCUT2D eigenvalue weighted by Gasteiger charge is -2.48. The Morgan fingerprint density at radius 1 is 1.23 bits per heavy atom. The molecular formula is C29H39FN6O3S. The van der Waals surface area contributed by atoms with Crippen molar-refractivity contribution in [2.75, 3.05) is 46.8 Å². The third kappa shape index (κ3) is 5.58. The van der Waals surface area contributed by atoms with Crippen molar-refractivity contribution in [3.63, 3.8) is 0 Å². The van der Waals surface area contributed by atoms with Crippen molar-refractivity contribution in [2.24, 2.45) is 5.92 Å². The molecule has 0 spiro atoms. The summed E-state index contributed by atoms with van der Waals surface area (Å²) in [6.07, 6.45) is 4.18. The highest BCUT2D eigenvalue weighted by Gasteiger charge is 2.40. The molecule has 2 N–H and O–H groups in total. The molecule has 0 aliphatic carbocycles. The number of sulfone groups is 1. The predicted molar refractivity (Wildman–Crippen MR) is 158 cm³/mol. The van der Waals surface area contributed by atoms with Crippen molar-refractivity contribution in [2.45, 2.75) is 64.8 Å². The van der Waals surface area contributed by atoms with E-state index in [0.717, 1.165) is 22.0 Å². The minimum atomic E-state index is -3.03. The Morgan fingerprint density at radius 3 is 2.62 bits per heavy atom. The fraction of sp³-hybridized carbons (Fsp3) is 0.552. The van der Waals surface area contributed by atoms with Gasteiger partial charge in [-0.05, 0) is 56.2 Å². The number of aryl methyl sites for hydroxylation is 1. The average Bonchev–Trinajstić information content (AvgIpc) is 2.87. The Hall–Kier alpha value is -3.05. The fourth-order valence-corrected chi connectivity index (χ4v) is 6.96. The van der Waals surface area contributed by atoms with Crippen LogP contribution in [0.2, 0.25) is 0 Å². The molecule has 4 heterocycles. The average molecular weight is 571 g/mol. The fourth-order valence-electron chi connectivity index (χ4n) is 5.80. The number of pyridine rings is 1. The summed E-state index contributed by atoms with van der Waals surface area (Å²) in [5.41, 5.74) is 1.34. The molecule has 2 aromatic heterocycles. The molecule has 0 amide bonds. The summed E-state index contributed by atoms with van der Waals surface area (Å²) in [5.74, 6) is 2.22. The van der Waals surface area contributed by atoms with Crippen LogP contribution < -0.4 is 15.1 Å². The highest BCUT2D eigenvalue weighted by molar-refractivity contribution is 7.90. The molecule has 0 unspecified atom stereocenters. The molecular weight excluding hydrogens is 531 g/mol. The standard InChI is InChI=1S/C29H39FN6O3S/c1-17(2)21-7-8-24(36-14-20(19(36)4)15-40(6,38)39)23-13-31-26(11-22(21)23)33-27-18(3)12-32-28(34-27)35-10-9-25(37)29(5,30)16-35/h7-8,11-13,17,19-20,25,37H,9-10,14-16H2,1-6H3,(H,31,32,33,34)/t19-,20-,25-,29+/m1/s1. The number of anilines is 4. The maximum Gasteiger partial charge on any atom is 0.227 e. The quantitative estimate of drug-likeness (QED) is 0.428. The molecule has 1 aromatic carbocycles. The second-order valence-corrected chi connectivity index (χ2v) is 14.2.